The fraction of sp³-hybridized carbons (Fsp3) is 0.474. The Morgan fingerprint density at radius 2 is 1.87 bits per heavy atom. The van der Waals surface area contributed by atoms with Crippen molar-refractivity contribution < 1.29 is 29.4 Å². The van der Waals surface area contributed by atoms with Gasteiger partial charge < -0.3 is 31.5 Å². The van der Waals surface area contributed by atoms with Crippen molar-refractivity contribution in [3.63, 3.8) is 0 Å². The molecule has 0 spiro atoms. The molecule has 1 fully saturated rings. The highest BCUT2D eigenvalue weighted by Crippen LogP contribution is 2.17. The Morgan fingerprint density at radius 3 is 2.47 bits per heavy atom. The zero-order chi connectivity index (χ0) is 22.3. The second-order valence-electron chi connectivity index (χ2n) is 7.02. The van der Waals surface area contributed by atoms with Crippen molar-refractivity contribution in [2.24, 2.45) is 5.73 Å². The Morgan fingerprint density at radius 1 is 1.20 bits per heavy atom. The van der Waals surface area contributed by atoms with Crippen LogP contribution in [0.25, 0.3) is 0 Å². The third-order valence-corrected chi connectivity index (χ3v) is 5.18. The number of thiol groups is 1. The van der Waals surface area contributed by atoms with Crippen LogP contribution in [0.4, 0.5) is 0 Å². The highest BCUT2D eigenvalue weighted by Gasteiger charge is 2.34. The summed E-state index contributed by atoms with van der Waals surface area (Å²) in [7, 11) is 0. The molecule has 0 aliphatic carbocycles. The first-order valence-electron chi connectivity index (χ1n) is 9.47. The second-order valence-corrected chi connectivity index (χ2v) is 7.39. The van der Waals surface area contributed by atoms with Crippen LogP contribution in [-0.2, 0) is 25.6 Å². The number of phenols is 1. The third-order valence-electron chi connectivity index (χ3n) is 4.82. The molecule has 10 nitrogen and oxygen atoms in total. The average molecular weight is 439 g/mol. The summed E-state index contributed by atoms with van der Waals surface area (Å²) >= 11 is 4.06. The maximum absolute atomic E-state index is 12.3. The number of nitrogens with one attached hydrogen (secondary N) is 2. The number of benzene rings is 1. The number of hydrogen-bond acceptors (Lipinski definition) is 7. The number of aromatic hydroxyl groups is 1. The Hall–Kier alpha value is -2.79. The van der Waals surface area contributed by atoms with Gasteiger partial charge in [0.2, 0.25) is 17.7 Å². The summed E-state index contributed by atoms with van der Waals surface area (Å²) in [5.74, 6) is -2.67. The lowest BCUT2D eigenvalue weighted by Crippen LogP contribution is -2.54. The summed E-state index contributed by atoms with van der Waals surface area (Å²) in [5.41, 5.74) is 6.63. The van der Waals surface area contributed by atoms with Gasteiger partial charge in [-0.1, -0.05) is 12.1 Å². The average Bonchev–Trinajstić information content (AvgIpc) is 3.21. The van der Waals surface area contributed by atoms with Crippen molar-refractivity contribution in [1.29, 1.82) is 0 Å². The molecule has 1 aliphatic rings. The zero-order valence-corrected chi connectivity index (χ0v) is 17.2. The molecule has 3 atom stereocenters. The van der Waals surface area contributed by atoms with Crippen molar-refractivity contribution in [2.45, 2.75) is 37.4 Å². The summed E-state index contributed by atoms with van der Waals surface area (Å²) in [6.07, 6.45) is 1.17. The molecule has 164 valence electrons. The van der Waals surface area contributed by atoms with E-state index in [0.717, 1.165) is 5.56 Å². The van der Waals surface area contributed by atoms with Gasteiger partial charge in [0, 0.05) is 12.3 Å². The van der Waals surface area contributed by atoms with Gasteiger partial charge in [-0.2, -0.15) is 12.6 Å². The molecular weight excluding hydrogens is 412 g/mol. The smallest absolute Gasteiger partial charge is 0.326 e. The molecule has 3 unspecified atom stereocenters. The van der Waals surface area contributed by atoms with Crippen molar-refractivity contribution in [3.8, 4) is 5.75 Å². The van der Waals surface area contributed by atoms with Crippen LogP contribution in [-0.4, -0.2) is 75.8 Å². The van der Waals surface area contributed by atoms with E-state index in [4.69, 9.17) is 10.8 Å². The fourth-order valence-corrected chi connectivity index (χ4v) is 3.42. The van der Waals surface area contributed by atoms with Crippen LogP contribution < -0.4 is 16.4 Å². The van der Waals surface area contributed by atoms with Gasteiger partial charge in [-0.05, 0) is 37.0 Å². The number of carboxylic acid groups (broad SMARTS) is 1. The van der Waals surface area contributed by atoms with Crippen molar-refractivity contribution in [3.05, 3.63) is 29.8 Å². The lowest BCUT2D eigenvalue weighted by Gasteiger charge is -2.23. The monoisotopic (exact) mass is 438 g/mol. The molecular formula is C19H26N4O6S. The molecule has 1 aromatic rings. The molecule has 0 bridgehead atoms. The quantitative estimate of drug-likeness (QED) is 0.266. The molecule has 1 aromatic carbocycles. The second kappa shape index (κ2) is 10.8. The van der Waals surface area contributed by atoms with Gasteiger partial charge in [-0.15, -0.1) is 0 Å². The number of hydrogen-bond donors (Lipinski definition) is 6. The van der Waals surface area contributed by atoms with Gasteiger partial charge in [-0.3, -0.25) is 14.4 Å². The van der Waals surface area contributed by atoms with Crippen LogP contribution in [0.1, 0.15) is 18.4 Å². The molecule has 6 N–H and O–H groups in total. The largest absolute Gasteiger partial charge is 0.508 e. The van der Waals surface area contributed by atoms with Gasteiger partial charge >= 0.3 is 5.97 Å². The molecule has 0 radical (unpaired) electrons. The highest BCUT2D eigenvalue weighted by atomic mass is 32.1. The van der Waals surface area contributed by atoms with Crippen LogP contribution in [0.5, 0.6) is 5.75 Å². The maximum Gasteiger partial charge on any atom is 0.326 e. The van der Waals surface area contributed by atoms with Gasteiger partial charge in [0.15, 0.2) is 0 Å². The topological polar surface area (TPSA) is 162 Å². The van der Waals surface area contributed by atoms with Gasteiger partial charge in [-0.25, -0.2) is 4.79 Å². The SMILES string of the molecule is NC(Cc1ccc(O)cc1)C(=O)NC(CS)C(=O)NCC(=O)N1CCCC1C(=O)O. The van der Waals surface area contributed by atoms with E-state index in [9.17, 15) is 24.3 Å². The van der Waals surface area contributed by atoms with E-state index >= 15 is 0 Å². The fourth-order valence-electron chi connectivity index (χ4n) is 3.16. The maximum atomic E-state index is 12.3. The summed E-state index contributed by atoms with van der Waals surface area (Å²) in [6, 6.07) is 3.43. The van der Waals surface area contributed by atoms with E-state index in [1.807, 2.05) is 0 Å². The van der Waals surface area contributed by atoms with E-state index in [1.165, 1.54) is 17.0 Å². The number of carboxylic acids is 1. The van der Waals surface area contributed by atoms with Crippen LogP contribution >= 0.6 is 12.6 Å². The summed E-state index contributed by atoms with van der Waals surface area (Å²) in [4.78, 5) is 49.3. The number of amides is 3. The number of carbonyl (C=O) groups is 4. The number of rotatable bonds is 9. The van der Waals surface area contributed by atoms with E-state index in [0.29, 0.717) is 19.4 Å². The first-order chi connectivity index (χ1) is 14.2. The number of nitrogens with zero attached hydrogens (tertiary/aromatic N) is 1. The first kappa shape index (κ1) is 23.5. The van der Waals surface area contributed by atoms with Crippen LogP contribution in [0, 0.1) is 0 Å². The summed E-state index contributed by atoms with van der Waals surface area (Å²) in [5, 5.41) is 23.3. The van der Waals surface area contributed by atoms with Gasteiger partial charge in [0.1, 0.15) is 17.8 Å². The van der Waals surface area contributed by atoms with E-state index in [1.54, 1.807) is 12.1 Å². The minimum Gasteiger partial charge on any atom is -0.508 e. The Kier molecular flexibility index (Phi) is 8.48. The van der Waals surface area contributed by atoms with Crippen LogP contribution in [0.2, 0.25) is 0 Å². The van der Waals surface area contributed by atoms with Crippen molar-refractivity contribution in [2.75, 3.05) is 18.8 Å². The Balaban J connectivity index is 1.84. The van der Waals surface area contributed by atoms with E-state index in [2.05, 4.69) is 23.3 Å². The van der Waals surface area contributed by atoms with Crippen molar-refractivity contribution >= 4 is 36.3 Å². The lowest BCUT2D eigenvalue weighted by molar-refractivity contribution is -0.148. The predicted octanol–water partition coefficient (Wildman–Crippen LogP) is -1.13. The molecule has 2 rings (SSSR count). The van der Waals surface area contributed by atoms with Gasteiger partial charge in [0.25, 0.3) is 0 Å². The van der Waals surface area contributed by atoms with Gasteiger partial charge in [0.05, 0.1) is 12.6 Å². The normalized spacial score (nSPS) is 17.8. The van der Waals surface area contributed by atoms with E-state index < -0.39 is 41.8 Å². The highest BCUT2D eigenvalue weighted by molar-refractivity contribution is 7.80. The molecule has 1 aliphatic heterocycles. The number of nitrogens with two attached hydrogens (primary N) is 1. The standard InChI is InChI=1S/C19H26N4O6S/c20-13(8-11-3-5-12(24)6-4-11)17(26)22-14(10-30)18(27)21-9-16(25)23-7-1-2-15(23)19(28)29/h3-6,13-15,24,30H,1-2,7-10,20H2,(H,21,27)(H,22,26)(H,28,29). The number of phenolic OH excluding ortho intramolecular Hbond substituents is 1. The summed E-state index contributed by atoms with van der Waals surface area (Å²) in [6.45, 7) is -0.0488. The Labute approximate surface area is 179 Å². The van der Waals surface area contributed by atoms with Crippen LogP contribution in [0.15, 0.2) is 24.3 Å². The molecule has 1 heterocycles. The summed E-state index contributed by atoms with van der Waals surface area (Å²) < 4.78 is 0. The zero-order valence-electron chi connectivity index (χ0n) is 16.3. The number of likely N-dealkylation sites (tertiary alicyclic amines) is 1. The molecule has 11 heteroatoms. The van der Waals surface area contributed by atoms with E-state index in [-0.39, 0.29) is 24.5 Å². The predicted molar refractivity (Wildman–Crippen MR) is 111 cm³/mol. The Bertz CT molecular complexity index is 788. The molecule has 30 heavy (non-hydrogen) atoms. The minimum absolute atomic E-state index is 0.0147. The van der Waals surface area contributed by atoms with Crippen molar-refractivity contribution in [1.82, 2.24) is 15.5 Å². The first-order valence-corrected chi connectivity index (χ1v) is 10.1. The lowest BCUT2D eigenvalue weighted by atomic mass is 10.1. The molecule has 0 saturated carbocycles. The third kappa shape index (κ3) is 6.36. The minimum atomic E-state index is -1.07. The molecule has 0 aromatic heterocycles. The van der Waals surface area contributed by atoms with Crippen LogP contribution in [0.3, 0.4) is 0 Å². The number of aliphatic carboxylic acids is 1. The molecule has 1 saturated heterocycles. The molecule has 3 amide bonds. The number of carbonyl (C=O) groups excluding carboxylic acids is 3.